The second-order valence-corrected chi connectivity index (χ2v) is 9.70. The lowest BCUT2D eigenvalue weighted by molar-refractivity contribution is -0.128. The van der Waals surface area contributed by atoms with Gasteiger partial charge in [0.05, 0.1) is 18.6 Å². The van der Waals surface area contributed by atoms with E-state index in [0.29, 0.717) is 42.5 Å². The van der Waals surface area contributed by atoms with Crippen LogP contribution in [0.4, 0.5) is 0 Å². The van der Waals surface area contributed by atoms with Gasteiger partial charge in [0.25, 0.3) is 5.56 Å². The third-order valence-corrected chi connectivity index (χ3v) is 7.11. The molecule has 0 aliphatic heterocycles. The summed E-state index contributed by atoms with van der Waals surface area (Å²) in [7, 11) is 1.55. The van der Waals surface area contributed by atoms with Gasteiger partial charge in [-0.25, -0.2) is 4.98 Å². The van der Waals surface area contributed by atoms with E-state index in [0.717, 1.165) is 30.7 Å². The summed E-state index contributed by atoms with van der Waals surface area (Å²) < 4.78 is 7.98. The summed E-state index contributed by atoms with van der Waals surface area (Å²) in [6.07, 6.45) is 1.99. The SMILES string of the molecule is CCCCN(CC)C(=O)CSc1nc2c(sc(=S)n2-c2cc(Cl)ccc2OC)c(=O)[nH]1. The van der Waals surface area contributed by atoms with Gasteiger partial charge in [-0.1, -0.05) is 48.0 Å². The van der Waals surface area contributed by atoms with Gasteiger partial charge in [-0.05, 0) is 43.8 Å². The Kier molecular flexibility index (Phi) is 8.15. The second kappa shape index (κ2) is 10.6. The number of nitrogens with zero attached hydrogens (tertiary/aromatic N) is 3. The first-order chi connectivity index (χ1) is 14.9. The zero-order chi connectivity index (χ0) is 22.5. The quantitative estimate of drug-likeness (QED) is 0.256. The molecule has 2 aromatic heterocycles. The number of fused-ring (bicyclic) bond motifs is 1. The number of carbonyl (C=O) groups excluding carboxylic acids is 1. The highest BCUT2D eigenvalue weighted by molar-refractivity contribution is 7.99. The van der Waals surface area contributed by atoms with E-state index in [2.05, 4.69) is 16.9 Å². The van der Waals surface area contributed by atoms with Gasteiger partial charge in [0, 0.05) is 18.1 Å². The minimum atomic E-state index is -0.297. The van der Waals surface area contributed by atoms with Crippen molar-refractivity contribution in [1.29, 1.82) is 0 Å². The van der Waals surface area contributed by atoms with Crippen LogP contribution in [0.5, 0.6) is 5.75 Å². The van der Waals surface area contributed by atoms with Gasteiger partial charge in [0.15, 0.2) is 14.8 Å². The molecule has 1 amide bonds. The van der Waals surface area contributed by atoms with Crippen molar-refractivity contribution in [3.63, 3.8) is 0 Å². The molecule has 166 valence electrons. The molecule has 0 saturated carbocycles. The lowest BCUT2D eigenvalue weighted by atomic mass is 10.3. The number of halogens is 1. The van der Waals surface area contributed by atoms with E-state index < -0.39 is 0 Å². The number of carbonyl (C=O) groups is 1. The Morgan fingerprint density at radius 3 is 2.87 bits per heavy atom. The molecular formula is C20H23ClN4O3S3. The average molecular weight is 499 g/mol. The number of methoxy groups -OCH3 is 1. The van der Waals surface area contributed by atoms with E-state index in [1.807, 2.05) is 11.8 Å². The summed E-state index contributed by atoms with van der Waals surface area (Å²) in [5.74, 6) is 0.765. The zero-order valence-corrected chi connectivity index (χ0v) is 20.6. The van der Waals surface area contributed by atoms with Gasteiger partial charge >= 0.3 is 0 Å². The molecule has 7 nitrogen and oxygen atoms in total. The van der Waals surface area contributed by atoms with E-state index in [4.69, 9.17) is 28.6 Å². The van der Waals surface area contributed by atoms with Gasteiger partial charge in [0.1, 0.15) is 10.4 Å². The lowest BCUT2D eigenvalue weighted by Gasteiger charge is -2.20. The fourth-order valence-electron chi connectivity index (χ4n) is 3.04. The summed E-state index contributed by atoms with van der Waals surface area (Å²) in [4.78, 5) is 34.4. The van der Waals surface area contributed by atoms with Crippen LogP contribution >= 0.6 is 46.9 Å². The number of aromatic nitrogens is 3. The van der Waals surface area contributed by atoms with Crippen LogP contribution < -0.4 is 10.3 Å². The van der Waals surface area contributed by atoms with Crippen LogP contribution in [0.25, 0.3) is 16.0 Å². The number of nitrogens with one attached hydrogen (secondary N) is 1. The minimum Gasteiger partial charge on any atom is -0.495 e. The monoisotopic (exact) mass is 498 g/mol. The number of H-pyrrole nitrogens is 1. The van der Waals surface area contributed by atoms with Crippen LogP contribution in [0.1, 0.15) is 26.7 Å². The van der Waals surface area contributed by atoms with Crippen LogP contribution in [-0.2, 0) is 4.79 Å². The number of ether oxygens (including phenoxy) is 1. The summed E-state index contributed by atoms with van der Waals surface area (Å²) in [6, 6.07) is 5.17. The molecule has 0 radical (unpaired) electrons. The van der Waals surface area contributed by atoms with Gasteiger partial charge in [-0.15, -0.1) is 0 Å². The Hall–Kier alpha value is -1.88. The number of hydrogen-bond acceptors (Lipinski definition) is 7. The fraction of sp³-hybridized carbons (Fsp3) is 0.400. The largest absolute Gasteiger partial charge is 0.495 e. The lowest BCUT2D eigenvalue weighted by Crippen LogP contribution is -2.33. The summed E-state index contributed by atoms with van der Waals surface area (Å²) >= 11 is 14.1. The molecule has 0 bridgehead atoms. The second-order valence-electron chi connectivity index (χ2n) is 6.66. The van der Waals surface area contributed by atoms with Crippen molar-refractivity contribution < 1.29 is 9.53 Å². The smallest absolute Gasteiger partial charge is 0.271 e. The van der Waals surface area contributed by atoms with E-state index in [1.165, 1.54) is 11.8 Å². The number of thioether (sulfide) groups is 1. The van der Waals surface area contributed by atoms with Crippen molar-refractivity contribution in [2.24, 2.45) is 0 Å². The maximum Gasteiger partial charge on any atom is 0.271 e. The molecule has 0 saturated heterocycles. The molecule has 0 aliphatic rings. The number of aromatic amines is 1. The molecule has 0 aliphatic carbocycles. The molecule has 0 unspecified atom stereocenters. The highest BCUT2D eigenvalue weighted by atomic mass is 35.5. The molecule has 3 aromatic rings. The maximum atomic E-state index is 12.7. The van der Waals surface area contributed by atoms with Gasteiger partial charge in [-0.3, -0.25) is 14.2 Å². The fourth-order valence-corrected chi connectivity index (χ4v) is 5.22. The topological polar surface area (TPSA) is 80.2 Å². The van der Waals surface area contributed by atoms with Gasteiger partial charge < -0.3 is 14.6 Å². The summed E-state index contributed by atoms with van der Waals surface area (Å²) in [6.45, 7) is 5.44. The average Bonchev–Trinajstić information content (AvgIpc) is 3.09. The number of benzene rings is 1. The molecule has 3 rings (SSSR count). The van der Waals surface area contributed by atoms with Crippen molar-refractivity contribution >= 4 is 63.2 Å². The molecule has 1 aromatic carbocycles. The molecular weight excluding hydrogens is 476 g/mol. The molecule has 1 N–H and O–H groups in total. The highest BCUT2D eigenvalue weighted by Gasteiger charge is 2.18. The Morgan fingerprint density at radius 2 is 2.19 bits per heavy atom. The minimum absolute atomic E-state index is 0.0161. The summed E-state index contributed by atoms with van der Waals surface area (Å²) in [5, 5.41) is 0.869. The van der Waals surface area contributed by atoms with E-state index in [9.17, 15) is 9.59 Å². The van der Waals surface area contributed by atoms with E-state index in [1.54, 1.807) is 29.9 Å². The van der Waals surface area contributed by atoms with Crippen molar-refractivity contribution in [1.82, 2.24) is 19.4 Å². The Balaban J connectivity index is 1.97. The van der Waals surface area contributed by atoms with E-state index in [-0.39, 0.29) is 17.2 Å². The molecule has 11 heteroatoms. The predicted molar refractivity (Wildman–Crippen MR) is 130 cm³/mol. The Labute approximate surface area is 198 Å². The predicted octanol–water partition coefficient (Wildman–Crippen LogP) is 4.91. The van der Waals surface area contributed by atoms with Crippen LogP contribution in [0.15, 0.2) is 28.2 Å². The van der Waals surface area contributed by atoms with Crippen molar-refractivity contribution in [3.05, 3.63) is 37.5 Å². The highest BCUT2D eigenvalue weighted by Crippen LogP contribution is 2.31. The molecule has 0 atom stereocenters. The van der Waals surface area contributed by atoms with Crippen LogP contribution in [0.2, 0.25) is 5.02 Å². The number of unbranched alkanes of at least 4 members (excludes halogenated alkanes) is 1. The van der Waals surface area contributed by atoms with E-state index >= 15 is 0 Å². The van der Waals surface area contributed by atoms with Gasteiger partial charge in [0.2, 0.25) is 5.91 Å². The normalized spacial score (nSPS) is 11.1. The zero-order valence-electron chi connectivity index (χ0n) is 17.4. The third-order valence-electron chi connectivity index (χ3n) is 4.65. The number of hydrogen-bond donors (Lipinski definition) is 1. The van der Waals surface area contributed by atoms with Crippen molar-refractivity contribution in [2.75, 3.05) is 26.0 Å². The first-order valence-electron chi connectivity index (χ1n) is 9.79. The molecule has 0 fully saturated rings. The summed E-state index contributed by atoms with van der Waals surface area (Å²) in [5.41, 5.74) is 0.717. The van der Waals surface area contributed by atoms with Crippen molar-refractivity contribution in [2.45, 2.75) is 31.8 Å². The maximum absolute atomic E-state index is 12.7. The Bertz CT molecular complexity index is 1200. The standard InChI is InChI=1S/C20H23ClN4O3S3/c1-4-6-9-24(5-2)15(26)11-30-19-22-17-16(18(27)23-19)31-20(29)25(17)13-10-12(21)7-8-14(13)28-3/h7-8,10H,4-6,9,11H2,1-3H3,(H,22,23,27). The molecule has 2 heterocycles. The van der Waals surface area contributed by atoms with Crippen molar-refractivity contribution in [3.8, 4) is 11.4 Å². The Morgan fingerprint density at radius 1 is 1.42 bits per heavy atom. The number of thiazole rings is 1. The van der Waals surface area contributed by atoms with Crippen LogP contribution in [0, 0.1) is 3.95 Å². The molecule has 0 spiro atoms. The third kappa shape index (κ3) is 5.31. The number of rotatable bonds is 9. The first-order valence-corrected chi connectivity index (χ1v) is 12.4. The van der Waals surface area contributed by atoms with Crippen LogP contribution in [-0.4, -0.2) is 51.3 Å². The first kappa shape index (κ1) is 23.8. The van der Waals surface area contributed by atoms with Crippen LogP contribution in [0.3, 0.4) is 0 Å². The number of amides is 1. The molecule has 31 heavy (non-hydrogen) atoms. The van der Waals surface area contributed by atoms with Gasteiger partial charge in [-0.2, -0.15) is 0 Å².